The third-order valence-electron chi connectivity index (χ3n) is 2.58. The second kappa shape index (κ2) is 3.74. The Labute approximate surface area is 91.0 Å². The van der Waals surface area contributed by atoms with Crippen LogP contribution in [-0.4, -0.2) is 11.0 Å². The van der Waals surface area contributed by atoms with Crippen LogP contribution in [0.2, 0.25) is 0 Å². The van der Waals surface area contributed by atoms with Gasteiger partial charge in [-0.2, -0.15) is 0 Å². The zero-order valence-corrected chi connectivity index (χ0v) is 8.55. The highest BCUT2D eigenvalue weighted by atomic mass is 35.5. The van der Waals surface area contributed by atoms with Crippen LogP contribution in [0, 0.1) is 11.7 Å². The largest absolute Gasteiger partial charge is 0.294 e. The highest BCUT2D eigenvalue weighted by Gasteiger charge is 2.31. The number of hydrogen-bond donors (Lipinski definition) is 0. The normalized spacial score (nSPS) is 19.1. The molecule has 0 heterocycles. The van der Waals surface area contributed by atoms with E-state index < -0.39 is 11.2 Å². The summed E-state index contributed by atoms with van der Waals surface area (Å²) in [5.41, 5.74) is 1.18. The number of carbonyl (C=O) groups is 2. The van der Waals surface area contributed by atoms with Gasteiger partial charge in [0, 0.05) is 17.9 Å². The van der Waals surface area contributed by atoms with Crippen molar-refractivity contribution in [1.82, 2.24) is 0 Å². The minimum absolute atomic E-state index is 0.0245. The van der Waals surface area contributed by atoms with Crippen molar-refractivity contribution in [2.75, 3.05) is 0 Å². The molecule has 1 aromatic carbocycles. The molecule has 2 rings (SSSR count). The van der Waals surface area contributed by atoms with Gasteiger partial charge in [-0.3, -0.25) is 9.59 Å². The molecule has 0 bridgehead atoms. The van der Waals surface area contributed by atoms with Crippen molar-refractivity contribution in [3.8, 4) is 0 Å². The molecular weight excluding hydrogens is 219 g/mol. The van der Waals surface area contributed by atoms with Gasteiger partial charge in [0.1, 0.15) is 5.82 Å². The summed E-state index contributed by atoms with van der Waals surface area (Å²) in [7, 11) is 0. The number of benzene rings is 1. The monoisotopic (exact) mass is 226 g/mol. The van der Waals surface area contributed by atoms with E-state index in [4.69, 9.17) is 11.6 Å². The number of ketones is 1. The van der Waals surface area contributed by atoms with E-state index in [1.165, 1.54) is 18.2 Å². The zero-order chi connectivity index (χ0) is 11.0. The van der Waals surface area contributed by atoms with Crippen LogP contribution in [0.15, 0.2) is 18.2 Å². The summed E-state index contributed by atoms with van der Waals surface area (Å²) in [6.45, 7) is 0. The highest BCUT2D eigenvalue weighted by molar-refractivity contribution is 6.63. The smallest absolute Gasteiger partial charge is 0.222 e. The SMILES string of the molecule is O=C(Cl)CC1Cc2cc(F)ccc2C1=O. The molecule has 1 aliphatic rings. The first-order chi connectivity index (χ1) is 7.08. The molecule has 0 radical (unpaired) electrons. The first kappa shape index (κ1) is 10.3. The molecule has 0 N–H and O–H groups in total. The van der Waals surface area contributed by atoms with Crippen LogP contribution in [0.4, 0.5) is 4.39 Å². The maximum Gasteiger partial charge on any atom is 0.222 e. The van der Waals surface area contributed by atoms with Crippen LogP contribution in [-0.2, 0) is 11.2 Å². The molecule has 4 heteroatoms. The fourth-order valence-electron chi connectivity index (χ4n) is 1.91. The van der Waals surface area contributed by atoms with Gasteiger partial charge >= 0.3 is 0 Å². The minimum atomic E-state index is -0.526. The van der Waals surface area contributed by atoms with Gasteiger partial charge in [-0.05, 0) is 41.8 Å². The molecule has 0 fully saturated rings. The lowest BCUT2D eigenvalue weighted by molar-refractivity contribution is -0.112. The molecule has 0 saturated heterocycles. The fraction of sp³-hybridized carbons (Fsp3) is 0.273. The molecule has 1 unspecified atom stereocenters. The Morgan fingerprint density at radius 3 is 2.93 bits per heavy atom. The van der Waals surface area contributed by atoms with Crippen LogP contribution in [0.1, 0.15) is 22.3 Å². The van der Waals surface area contributed by atoms with Crippen LogP contribution in [0.5, 0.6) is 0 Å². The van der Waals surface area contributed by atoms with Crippen LogP contribution >= 0.6 is 11.6 Å². The summed E-state index contributed by atoms with van der Waals surface area (Å²) in [5, 5.41) is -0.526. The van der Waals surface area contributed by atoms with Crippen molar-refractivity contribution in [3.63, 3.8) is 0 Å². The van der Waals surface area contributed by atoms with Crippen LogP contribution < -0.4 is 0 Å². The first-order valence-corrected chi connectivity index (χ1v) is 4.96. The van der Waals surface area contributed by atoms with E-state index in [1.54, 1.807) is 0 Å². The zero-order valence-electron chi connectivity index (χ0n) is 7.80. The number of fused-ring (bicyclic) bond motifs is 1. The topological polar surface area (TPSA) is 34.1 Å². The van der Waals surface area contributed by atoms with Gasteiger partial charge in [-0.25, -0.2) is 4.39 Å². The number of halogens is 2. The molecule has 15 heavy (non-hydrogen) atoms. The van der Waals surface area contributed by atoms with Crippen LogP contribution in [0.25, 0.3) is 0 Å². The standard InChI is InChI=1S/C11H8ClFO2/c12-10(14)5-7-3-6-4-8(13)1-2-9(6)11(7)15/h1-2,4,7H,3,5H2. The summed E-state index contributed by atoms with van der Waals surface area (Å²) in [5.74, 6) is -0.884. The van der Waals surface area contributed by atoms with E-state index in [9.17, 15) is 14.0 Å². The Balaban J connectivity index is 2.29. The summed E-state index contributed by atoms with van der Waals surface area (Å²) < 4.78 is 12.9. The van der Waals surface area contributed by atoms with Crippen LogP contribution in [0.3, 0.4) is 0 Å². The molecule has 0 amide bonds. The maximum atomic E-state index is 12.9. The van der Waals surface area contributed by atoms with Gasteiger partial charge in [0.15, 0.2) is 5.78 Å². The third-order valence-corrected chi connectivity index (χ3v) is 2.73. The summed E-state index contributed by atoms with van der Waals surface area (Å²) in [4.78, 5) is 22.4. The van der Waals surface area contributed by atoms with Crippen molar-refractivity contribution in [3.05, 3.63) is 35.1 Å². The van der Waals surface area contributed by atoms with Crippen molar-refractivity contribution < 1.29 is 14.0 Å². The Morgan fingerprint density at radius 1 is 1.53 bits per heavy atom. The third kappa shape index (κ3) is 1.92. The average molecular weight is 227 g/mol. The quantitative estimate of drug-likeness (QED) is 0.726. The van der Waals surface area contributed by atoms with E-state index in [1.807, 2.05) is 0 Å². The summed E-state index contributed by atoms with van der Waals surface area (Å²) in [6, 6.07) is 4.05. The predicted molar refractivity (Wildman–Crippen MR) is 53.4 cm³/mol. The molecule has 2 nitrogen and oxygen atoms in total. The Kier molecular flexibility index (Phi) is 2.57. The van der Waals surface area contributed by atoms with Crippen molar-refractivity contribution in [2.24, 2.45) is 5.92 Å². The predicted octanol–water partition coefficient (Wildman–Crippen LogP) is 2.34. The van der Waals surface area contributed by atoms with Gasteiger partial charge in [0.05, 0.1) is 0 Å². The Hall–Kier alpha value is -1.22. The van der Waals surface area contributed by atoms with Gasteiger partial charge < -0.3 is 0 Å². The maximum absolute atomic E-state index is 12.9. The molecule has 0 spiro atoms. The first-order valence-electron chi connectivity index (χ1n) is 4.59. The lowest BCUT2D eigenvalue weighted by Gasteiger charge is -2.01. The fourth-order valence-corrected chi connectivity index (χ4v) is 2.09. The molecule has 78 valence electrons. The second-order valence-electron chi connectivity index (χ2n) is 3.63. The van der Waals surface area contributed by atoms with Gasteiger partial charge in [-0.1, -0.05) is 0 Å². The Morgan fingerprint density at radius 2 is 2.27 bits per heavy atom. The van der Waals surface area contributed by atoms with Crippen molar-refractivity contribution >= 4 is 22.6 Å². The number of hydrogen-bond acceptors (Lipinski definition) is 2. The second-order valence-corrected chi connectivity index (χ2v) is 4.05. The highest BCUT2D eigenvalue weighted by Crippen LogP contribution is 2.29. The molecule has 1 atom stereocenters. The number of Topliss-reactive ketones (excluding diaryl/α,β-unsaturated/α-hetero) is 1. The van der Waals surface area contributed by atoms with E-state index in [-0.39, 0.29) is 18.0 Å². The molecular formula is C11H8ClFO2. The Bertz CT molecular complexity index is 442. The van der Waals surface area contributed by atoms with Gasteiger partial charge in [0.2, 0.25) is 5.24 Å². The van der Waals surface area contributed by atoms with E-state index in [0.29, 0.717) is 17.5 Å². The van der Waals surface area contributed by atoms with Crippen molar-refractivity contribution in [1.29, 1.82) is 0 Å². The minimum Gasteiger partial charge on any atom is -0.294 e. The van der Waals surface area contributed by atoms with Crippen molar-refractivity contribution in [2.45, 2.75) is 12.8 Å². The number of rotatable bonds is 2. The summed E-state index contributed by atoms with van der Waals surface area (Å²) in [6.07, 6.45) is 0.432. The summed E-state index contributed by atoms with van der Waals surface area (Å²) >= 11 is 5.23. The van der Waals surface area contributed by atoms with E-state index in [0.717, 1.165) is 0 Å². The number of carbonyl (C=O) groups excluding carboxylic acids is 2. The van der Waals surface area contributed by atoms with E-state index in [2.05, 4.69) is 0 Å². The molecule has 0 aliphatic heterocycles. The van der Waals surface area contributed by atoms with Gasteiger partial charge in [-0.15, -0.1) is 0 Å². The lowest BCUT2D eigenvalue weighted by atomic mass is 10.0. The molecule has 1 aliphatic carbocycles. The van der Waals surface area contributed by atoms with Gasteiger partial charge in [0.25, 0.3) is 0 Å². The molecule has 1 aromatic rings. The molecule has 0 saturated carbocycles. The lowest BCUT2D eigenvalue weighted by Crippen LogP contribution is -2.11. The molecule has 0 aromatic heterocycles. The van der Waals surface area contributed by atoms with E-state index >= 15 is 0 Å². The average Bonchev–Trinajstić information content (AvgIpc) is 2.42.